The highest BCUT2D eigenvalue weighted by atomic mass is 16.7. The molecule has 0 heterocycles. The molecule has 0 unspecified atom stereocenters. The van der Waals surface area contributed by atoms with E-state index < -0.39 is 11.0 Å². The third kappa shape index (κ3) is 2.44. The highest BCUT2D eigenvalue weighted by Gasteiger charge is 2.17. The minimum atomic E-state index is -0.699. The molecule has 0 saturated heterocycles. The normalized spacial score (nSPS) is 9.43. The van der Waals surface area contributed by atoms with Crippen molar-refractivity contribution >= 4 is 5.96 Å². The Balaban J connectivity index is 2.75. The van der Waals surface area contributed by atoms with Gasteiger partial charge in [-0.2, -0.15) is 0 Å². The summed E-state index contributed by atoms with van der Waals surface area (Å²) in [6.45, 7) is 0.00315. The summed E-state index contributed by atoms with van der Waals surface area (Å²) < 4.78 is 0. The van der Waals surface area contributed by atoms with E-state index in [4.69, 9.17) is 11.1 Å². The zero-order valence-corrected chi connectivity index (χ0v) is 7.38. The second kappa shape index (κ2) is 4.22. The zero-order valence-electron chi connectivity index (χ0n) is 7.38. The van der Waals surface area contributed by atoms with Crippen molar-refractivity contribution < 1.29 is 5.03 Å². The van der Waals surface area contributed by atoms with Crippen LogP contribution in [0.3, 0.4) is 0 Å². The lowest BCUT2D eigenvalue weighted by molar-refractivity contribution is -0.633. The van der Waals surface area contributed by atoms with Crippen molar-refractivity contribution in [3.8, 4) is 0 Å². The molecule has 14 heavy (non-hydrogen) atoms. The van der Waals surface area contributed by atoms with Crippen LogP contribution in [0.15, 0.2) is 30.3 Å². The first-order chi connectivity index (χ1) is 6.61. The minimum absolute atomic E-state index is 0.00315. The van der Waals surface area contributed by atoms with Crippen LogP contribution in [0.2, 0.25) is 0 Å². The van der Waals surface area contributed by atoms with Crippen molar-refractivity contribution in [1.29, 1.82) is 5.41 Å². The van der Waals surface area contributed by atoms with Gasteiger partial charge in [0.05, 0.1) is 0 Å². The van der Waals surface area contributed by atoms with Crippen molar-refractivity contribution in [3.05, 3.63) is 46.0 Å². The van der Waals surface area contributed by atoms with Crippen LogP contribution in [-0.4, -0.2) is 16.0 Å². The number of nitrogens with two attached hydrogens (primary N) is 1. The lowest BCUT2D eigenvalue weighted by Crippen LogP contribution is -2.40. The Bertz CT molecular complexity index is 324. The van der Waals surface area contributed by atoms with Gasteiger partial charge in [-0.1, -0.05) is 35.3 Å². The Kier molecular flexibility index (Phi) is 3.01. The number of rotatable bonds is 3. The number of nitro groups is 1. The maximum absolute atomic E-state index is 10.5. The molecule has 1 aromatic carbocycles. The standard InChI is InChI=1S/C8H10N4O2/c9-8(10)11(12(13)14)6-7-4-2-1-3-5-7/h1-5H,6H2,(H3,9,10). The van der Waals surface area contributed by atoms with Crippen LogP contribution in [0, 0.1) is 15.5 Å². The summed E-state index contributed by atoms with van der Waals surface area (Å²) in [6, 6.07) is 8.83. The lowest BCUT2D eigenvalue weighted by atomic mass is 10.2. The number of nitrogens with zero attached hydrogens (tertiary/aromatic N) is 2. The van der Waals surface area contributed by atoms with Gasteiger partial charge in [0.15, 0.2) is 5.03 Å². The van der Waals surface area contributed by atoms with E-state index in [0.29, 0.717) is 5.01 Å². The molecule has 0 radical (unpaired) electrons. The van der Waals surface area contributed by atoms with E-state index in [2.05, 4.69) is 0 Å². The number of benzene rings is 1. The molecule has 0 atom stereocenters. The predicted octanol–water partition coefficient (Wildman–Crippen LogP) is 0.574. The average Bonchev–Trinajstić information content (AvgIpc) is 2.15. The number of nitrogens with one attached hydrogen (secondary N) is 1. The number of guanidine groups is 1. The van der Waals surface area contributed by atoms with Gasteiger partial charge in [-0.15, -0.1) is 0 Å². The number of hydrogen-bond donors (Lipinski definition) is 2. The lowest BCUT2D eigenvalue weighted by Gasteiger charge is -2.11. The molecule has 0 fully saturated rings. The molecule has 0 aliphatic rings. The maximum Gasteiger partial charge on any atom is 0.252 e. The fourth-order valence-electron chi connectivity index (χ4n) is 0.987. The summed E-state index contributed by atoms with van der Waals surface area (Å²) >= 11 is 0. The first kappa shape index (κ1) is 9.97. The molecule has 1 rings (SSSR count). The fraction of sp³-hybridized carbons (Fsp3) is 0.125. The van der Waals surface area contributed by atoms with Crippen molar-refractivity contribution in [2.24, 2.45) is 5.73 Å². The van der Waals surface area contributed by atoms with Gasteiger partial charge < -0.3 is 5.73 Å². The largest absolute Gasteiger partial charge is 0.365 e. The second-order valence-electron chi connectivity index (χ2n) is 2.67. The molecular weight excluding hydrogens is 184 g/mol. The molecule has 6 heteroatoms. The van der Waals surface area contributed by atoms with Crippen molar-refractivity contribution in [2.75, 3.05) is 0 Å². The molecule has 0 aliphatic heterocycles. The van der Waals surface area contributed by atoms with Gasteiger partial charge in [-0.3, -0.25) is 5.41 Å². The Morgan fingerprint density at radius 1 is 1.50 bits per heavy atom. The topological polar surface area (TPSA) is 96.2 Å². The van der Waals surface area contributed by atoms with Crippen LogP contribution >= 0.6 is 0 Å². The zero-order chi connectivity index (χ0) is 10.6. The Morgan fingerprint density at radius 2 is 2.07 bits per heavy atom. The SMILES string of the molecule is N=C(N)N(Cc1ccccc1)[N+](=O)[O-]. The maximum atomic E-state index is 10.5. The summed E-state index contributed by atoms with van der Waals surface area (Å²) in [5, 5.41) is 17.3. The first-order valence-electron chi connectivity index (χ1n) is 3.91. The van der Waals surface area contributed by atoms with Crippen molar-refractivity contribution in [3.63, 3.8) is 0 Å². The molecule has 6 nitrogen and oxygen atoms in total. The van der Waals surface area contributed by atoms with Gasteiger partial charge in [-0.25, -0.2) is 10.1 Å². The van der Waals surface area contributed by atoms with E-state index in [-0.39, 0.29) is 6.54 Å². The molecule has 1 aromatic rings. The van der Waals surface area contributed by atoms with Crippen LogP contribution < -0.4 is 5.73 Å². The van der Waals surface area contributed by atoms with Crippen molar-refractivity contribution in [2.45, 2.75) is 6.54 Å². The molecular formula is C8H10N4O2. The monoisotopic (exact) mass is 194 g/mol. The van der Waals surface area contributed by atoms with Gasteiger partial charge in [0.2, 0.25) is 0 Å². The van der Waals surface area contributed by atoms with Gasteiger partial charge >= 0.3 is 0 Å². The van der Waals surface area contributed by atoms with E-state index >= 15 is 0 Å². The van der Waals surface area contributed by atoms with Crippen LogP contribution in [0.25, 0.3) is 0 Å². The van der Waals surface area contributed by atoms with Crippen LogP contribution in [0.1, 0.15) is 5.56 Å². The smallest absolute Gasteiger partial charge is 0.252 e. The van der Waals surface area contributed by atoms with E-state index in [9.17, 15) is 10.1 Å². The highest BCUT2D eigenvalue weighted by Crippen LogP contribution is 2.03. The first-order valence-corrected chi connectivity index (χ1v) is 3.91. The van der Waals surface area contributed by atoms with Gasteiger partial charge in [0, 0.05) is 0 Å². The summed E-state index contributed by atoms with van der Waals surface area (Å²) in [6.07, 6.45) is 0. The molecule has 0 spiro atoms. The quantitative estimate of drug-likeness (QED) is 0.318. The molecule has 3 N–H and O–H groups in total. The van der Waals surface area contributed by atoms with E-state index in [1.807, 2.05) is 6.07 Å². The third-order valence-electron chi connectivity index (χ3n) is 1.65. The molecule has 0 saturated carbocycles. The number of hydrogen-bond acceptors (Lipinski definition) is 3. The Labute approximate surface area is 80.6 Å². The van der Waals surface area contributed by atoms with Crippen LogP contribution in [0.4, 0.5) is 0 Å². The summed E-state index contributed by atoms with van der Waals surface area (Å²) in [5.74, 6) is -0.571. The molecule has 0 amide bonds. The molecule has 0 aliphatic carbocycles. The summed E-state index contributed by atoms with van der Waals surface area (Å²) in [4.78, 5) is 10.5. The summed E-state index contributed by atoms with van der Waals surface area (Å²) in [7, 11) is 0. The van der Waals surface area contributed by atoms with Crippen LogP contribution in [-0.2, 0) is 6.54 Å². The highest BCUT2D eigenvalue weighted by molar-refractivity contribution is 5.73. The Hall–Kier alpha value is -2.11. The minimum Gasteiger partial charge on any atom is -0.365 e. The van der Waals surface area contributed by atoms with Gasteiger partial charge in [0.1, 0.15) is 6.54 Å². The molecule has 0 bridgehead atoms. The molecule has 0 aromatic heterocycles. The van der Waals surface area contributed by atoms with E-state index in [0.717, 1.165) is 5.56 Å². The molecule has 74 valence electrons. The van der Waals surface area contributed by atoms with Crippen LogP contribution in [0.5, 0.6) is 0 Å². The fourth-order valence-corrected chi connectivity index (χ4v) is 0.987. The number of hydrazine groups is 1. The second-order valence-corrected chi connectivity index (χ2v) is 2.67. The van der Waals surface area contributed by atoms with Gasteiger partial charge in [0.25, 0.3) is 5.96 Å². The predicted molar refractivity (Wildman–Crippen MR) is 50.9 cm³/mol. The van der Waals surface area contributed by atoms with E-state index in [1.165, 1.54) is 0 Å². The Morgan fingerprint density at radius 3 is 2.50 bits per heavy atom. The van der Waals surface area contributed by atoms with Gasteiger partial charge in [-0.05, 0) is 5.56 Å². The average molecular weight is 194 g/mol. The third-order valence-corrected chi connectivity index (χ3v) is 1.65. The van der Waals surface area contributed by atoms with E-state index in [1.54, 1.807) is 24.3 Å². The summed E-state index contributed by atoms with van der Waals surface area (Å²) in [5.41, 5.74) is 5.79. The van der Waals surface area contributed by atoms with Crippen molar-refractivity contribution in [1.82, 2.24) is 5.01 Å².